The molecule has 1 fully saturated rings. The molecule has 1 aromatic rings. The Hall–Kier alpha value is -2.24. The lowest BCUT2D eigenvalue weighted by Gasteiger charge is -2.33. The maximum Gasteiger partial charge on any atom is 0.410 e. The molecule has 0 bridgehead atoms. The third-order valence-electron chi connectivity index (χ3n) is 3.65. The number of carbonyl (C=O) groups excluding carboxylic acids is 2. The number of hydrogen-bond acceptors (Lipinski definition) is 4. The highest BCUT2D eigenvalue weighted by Gasteiger charge is 2.27. The van der Waals surface area contributed by atoms with Gasteiger partial charge >= 0.3 is 6.09 Å². The van der Waals surface area contributed by atoms with Crippen molar-refractivity contribution in [3.05, 3.63) is 29.8 Å². The van der Waals surface area contributed by atoms with E-state index in [1.807, 2.05) is 20.8 Å². The first kappa shape index (κ1) is 17.1. The van der Waals surface area contributed by atoms with Gasteiger partial charge in [-0.1, -0.05) is 0 Å². The second-order valence-corrected chi connectivity index (χ2v) is 6.84. The van der Waals surface area contributed by atoms with Crippen LogP contribution in [0.15, 0.2) is 24.3 Å². The van der Waals surface area contributed by atoms with Crippen LogP contribution in [0.4, 0.5) is 10.5 Å². The molecule has 1 aliphatic heterocycles. The Bertz CT molecular complexity index is 555. The monoisotopic (exact) mass is 319 g/mol. The summed E-state index contributed by atoms with van der Waals surface area (Å²) in [6, 6.07) is 6.90. The zero-order valence-electron chi connectivity index (χ0n) is 14.0. The molecule has 1 saturated heterocycles. The molecule has 1 aliphatic rings. The van der Waals surface area contributed by atoms with Gasteiger partial charge in [-0.3, -0.25) is 4.79 Å². The number of rotatable bonds is 2. The average molecular weight is 319 g/mol. The molecule has 0 saturated carbocycles. The van der Waals surface area contributed by atoms with Crippen molar-refractivity contribution >= 4 is 17.7 Å². The van der Waals surface area contributed by atoms with Crippen molar-refractivity contribution in [2.75, 3.05) is 18.8 Å². The topological polar surface area (TPSA) is 84.7 Å². The number of nitrogens with one attached hydrogen (secondary N) is 1. The third-order valence-corrected chi connectivity index (χ3v) is 3.65. The fourth-order valence-corrected chi connectivity index (χ4v) is 2.44. The number of nitrogen functional groups attached to an aromatic ring is 1. The Balaban J connectivity index is 1.81. The van der Waals surface area contributed by atoms with Crippen LogP contribution in [0, 0.1) is 0 Å². The molecule has 1 aromatic carbocycles. The standard InChI is InChI=1S/C17H25N3O3/c1-17(2,3)23-16(22)20-10-8-14(9-11-20)19-15(21)12-4-6-13(18)7-5-12/h4-7,14H,8-11,18H2,1-3H3,(H,19,21). The van der Waals surface area contributed by atoms with E-state index in [0.29, 0.717) is 24.3 Å². The predicted octanol–water partition coefficient (Wildman–Crippen LogP) is 2.40. The maximum atomic E-state index is 12.2. The van der Waals surface area contributed by atoms with Gasteiger partial charge in [0.2, 0.25) is 0 Å². The fourth-order valence-electron chi connectivity index (χ4n) is 2.44. The minimum absolute atomic E-state index is 0.0683. The molecular weight excluding hydrogens is 294 g/mol. The van der Waals surface area contributed by atoms with Gasteiger partial charge in [0.15, 0.2) is 0 Å². The minimum Gasteiger partial charge on any atom is -0.444 e. The highest BCUT2D eigenvalue weighted by atomic mass is 16.6. The number of ether oxygens (including phenoxy) is 1. The van der Waals surface area contributed by atoms with Crippen LogP contribution in [0.1, 0.15) is 44.0 Å². The fraction of sp³-hybridized carbons (Fsp3) is 0.529. The summed E-state index contributed by atoms with van der Waals surface area (Å²) in [4.78, 5) is 25.9. The summed E-state index contributed by atoms with van der Waals surface area (Å²) in [6.45, 7) is 6.72. The Kier molecular flexibility index (Phi) is 5.13. The van der Waals surface area contributed by atoms with Crippen LogP contribution in [-0.2, 0) is 4.74 Å². The molecule has 23 heavy (non-hydrogen) atoms. The van der Waals surface area contributed by atoms with E-state index in [1.165, 1.54) is 0 Å². The number of nitrogens with zero attached hydrogens (tertiary/aromatic N) is 1. The Morgan fingerprint density at radius 2 is 1.74 bits per heavy atom. The van der Waals surface area contributed by atoms with Gasteiger partial charge in [-0.25, -0.2) is 4.79 Å². The summed E-state index contributed by atoms with van der Waals surface area (Å²) < 4.78 is 5.36. The number of carbonyl (C=O) groups is 2. The molecule has 0 radical (unpaired) electrons. The first-order chi connectivity index (χ1) is 10.7. The zero-order chi connectivity index (χ0) is 17.0. The number of likely N-dealkylation sites (tertiary alicyclic amines) is 1. The lowest BCUT2D eigenvalue weighted by Crippen LogP contribution is -2.47. The van der Waals surface area contributed by atoms with Crippen molar-refractivity contribution in [2.24, 2.45) is 0 Å². The van der Waals surface area contributed by atoms with Crippen molar-refractivity contribution in [1.29, 1.82) is 0 Å². The number of nitrogens with two attached hydrogens (primary N) is 1. The predicted molar refractivity (Wildman–Crippen MR) is 89.1 cm³/mol. The highest BCUT2D eigenvalue weighted by molar-refractivity contribution is 5.94. The van der Waals surface area contributed by atoms with Gasteiger partial charge in [-0.2, -0.15) is 0 Å². The summed E-state index contributed by atoms with van der Waals surface area (Å²) in [5.41, 5.74) is 6.35. The van der Waals surface area contributed by atoms with Crippen LogP contribution in [-0.4, -0.2) is 41.6 Å². The summed E-state index contributed by atoms with van der Waals surface area (Å²) in [7, 11) is 0. The molecule has 6 heteroatoms. The number of anilines is 1. The third kappa shape index (κ3) is 5.16. The van der Waals surface area contributed by atoms with Crippen LogP contribution >= 0.6 is 0 Å². The normalized spacial score (nSPS) is 16.0. The molecule has 2 amide bonds. The highest BCUT2D eigenvalue weighted by Crippen LogP contribution is 2.16. The molecule has 0 aromatic heterocycles. The summed E-state index contributed by atoms with van der Waals surface area (Å²) in [5.74, 6) is -0.110. The molecule has 0 atom stereocenters. The van der Waals surface area contributed by atoms with Crippen molar-refractivity contribution in [3.63, 3.8) is 0 Å². The molecule has 2 rings (SSSR count). The molecule has 0 aliphatic carbocycles. The Morgan fingerprint density at radius 3 is 2.26 bits per heavy atom. The van der Waals surface area contributed by atoms with E-state index in [2.05, 4.69) is 5.32 Å². The van der Waals surface area contributed by atoms with Crippen LogP contribution in [0.5, 0.6) is 0 Å². The molecule has 126 valence electrons. The lowest BCUT2D eigenvalue weighted by molar-refractivity contribution is 0.0199. The number of amides is 2. The second kappa shape index (κ2) is 6.89. The maximum absolute atomic E-state index is 12.2. The lowest BCUT2D eigenvalue weighted by atomic mass is 10.0. The SMILES string of the molecule is CC(C)(C)OC(=O)N1CCC(NC(=O)c2ccc(N)cc2)CC1. The molecule has 0 unspecified atom stereocenters. The molecule has 0 spiro atoms. The van der Waals surface area contributed by atoms with Crippen molar-refractivity contribution in [2.45, 2.75) is 45.3 Å². The first-order valence-corrected chi connectivity index (χ1v) is 7.89. The largest absolute Gasteiger partial charge is 0.444 e. The van der Waals surface area contributed by atoms with E-state index in [1.54, 1.807) is 29.2 Å². The smallest absolute Gasteiger partial charge is 0.410 e. The Morgan fingerprint density at radius 1 is 1.17 bits per heavy atom. The molecular formula is C17H25N3O3. The van der Waals surface area contributed by atoms with Gasteiger partial charge in [0.25, 0.3) is 5.91 Å². The molecule has 3 N–H and O–H groups in total. The van der Waals surface area contributed by atoms with Crippen LogP contribution in [0.3, 0.4) is 0 Å². The summed E-state index contributed by atoms with van der Waals surface area (Å²) in [5, 5.41) is 3.00. The van der Waals surface area contributed by atoms with Gasteiger partial charge in [-0.05, 0) is 57.9 Å². The average Bonchev–Trinajstić information content (AvgIpc) is 2.46. The van der Waals surface area contributed by atoms with E-state index < -0.39 is 5.60 Å². The van der Waals surface area contributed by atoms with Crippen LogP contribution in [0.25, 0.3) is 0 Å². The van der Waals surface area contributed by atoms with Crippen molar-refractivity contribution in [1.82, 2.24) is 10.2 Å². The van der Waals surface area contributed by atoms with Crippen molar-refractivity contribution < 1.29 is 14.3 Å². The van der Waals surface area contributed by atoms with Gasteiger partial charge in [0.05, 0.1) is 0 Å². The van der Waals surface area contributed by atoms with Gasteiger partial charge in [-0.15, -0.1) is 0 Å². The van der Waals surface area contributed by atoms with Gasteiger partial charge in [0.1, 0.15) is 5.60 Å². The van der Waals surface area contributed by atoms with E-state index in [0.717, 1.165) is 12.8 Å². The second-order valence-electron chi connectivity index (χ2n) is 6.84. The summed E-state index contributed by atoms with van der Waals surface area (Å²) in [6.07, 6.45) is 1.15. The molecule has 1 heterocycles. The quantitative estimate of drug-likeness (QED) is 0.820. The van der Waals surface area contributed by atoms with E-state index in [9.17, 15) is 9.59 Å². The van der Waals surface area contributed by atoms with E-state index in [-0.39, 0.29) is 18.0 Å². The van der Waals surface area contributed by atoms with E-state index >= 15 is 0 Å². The first-order valence-electron chi connectivity index (χ1n) is 7.89. The Labute approximate surface area is 137 Å². The minimum atomic E-state index is -0.489. The van der Waals surface area contributed by atoms with Crippen LogP contribution in [0.2, 0.25) is 0 Å². The van der Waals surface area contributed by atoms with E-state index in [4.69, 9.17) is 10.5 Å². The van der Waals surface area contributed by atoms with Gasteiger partial charge < -0.3 is 20.7 Å². The number of piperidine rings is 1. The summed E-state index contributed by atoms with van der Waals surface area (Å²) >= 11 is 0. The van der Waals surface area contributed by atoms with Gasteiger partial charge in [0, 0.05) is 30.4 Å². The number of benzene rings is 1. The van der Waals surface area contributed by atoms with Crippen molar-refractivity contribution in [3.8, 4) is 0 Å². The van der Waals surface area contributed by atoms with Crippen LogP contribution < -0.4 is 11.1 Å². The number of hydrogen-bond donors (Lipinski definition) is 2. The molecule has 6 nitrogen and oxygen atoms in total. The zero-order valence-corrected chi connectivity index (χ0v) is 14.0.